The number of benzene rings is 1. The molecule has 0 aliphatic heterocycles. The first-order valence-corrected chi connectivity index (χ1v) is 11.9. The van der Waals surface area contributed by atoms with E-state index in [4.69, 9.17) is 0 Å². The van der Waals surface area contributed by atoms with E-state index in [2.05, 4.69) is 10.0 Å². The van der Waals surface area contributed by atoms with Crippen LogP contribution in [-0.2, 0) is 21.0 Å². The van der Waals surface area contributed by atoms with Gasteiger partial charge in [-0.2, -0.15) is 17.9 Å². The minimum absolute atomic E-state index is 0.124. The van der Waals surface area contributed by atoms with Crippen molar-refractivity contribution in [1.29, 1.82) is 0 Å². The van der Waals surface area contributed by atoms with Gasteiger partial charge in [0.2, 0.25) is 15.9 Å². The number of sulfonamides is 1. The molecule has 5 rings (SSSR count). The molecule has 10 heteroatoms. The smallest absolute Gasteiger partial charge is 0.390 e. The van der Waals surface area contributed by atoms with Crippen LogP contribution in [0.2, 0.25) is 0 Å². The van der Waals surface area contributed by atoms with Gasteiger partial charge in [-0.1, -0.05) is 12.1 Å². The van der Waals surface area contributed by atoms with Crippen LogP contribution in [0.25, 0.3) is 0 Å². The molecular weight excluding hydrogens is 433 g/mol. The number of alkyl halides is 3. The van der Waals surface area contributed by atoms with Crippen LogP contribution in [-0.4, -0.2) is 36.6 Å². The number of nitrogens with one attached hydrogen (secondary N) is 2. The van der Waals surface area contributed by atoms with E-state index in [1.165, 1.54) is 19.9 Å². The van der Waals surface area contributed by atoms with Crippen molar-refractivity contribution in [3.63, 3.8) is 0 Å². The van der Waals surface area contributed by atoms with Crippen molar-refractivity contribution in [2.75, 3.05) is 0 Å². The quantitative estimate of drug-likeness (QED) is 0.630. The van der Waals surface area contributed by atoms with Crippen LogP contribution in [0.5, 0.6) is 0 Å². The number of carbonyl (C=O) groups is 1. The summed E-state index contributed by atoms with van der Waals surface area (Å²) in [6.45, 7) is 2.67. The van der Waals surface area contributed by atoms with Crippen LogP contribution in [0.1, 0.15) is 51.5 Å². The third kappa shape index (κ3) is 4.21. The van der Waals surface area contributed by atoms with E-state index in [0.717, 1.165) is 31.4 Å². The molecule has 4 saturated carbocycles. The zero-order chi connectivity index (χ0) is 22.8. The Kier molecular flexibility index (Phi) is 5.22. The molecule has 3 N–H and O–H groups in total. The van der Waals surface area contributed by atoms with Gasteiger partial charge >= 0.3 is 6.18 Å². The Bertz CT molecular complexity index is 977. The van der Waals surface area contributed by atoms with Crippen molar-refractivity contribution in [1.82, 2.24) is 10.0 Å². The summed E-state index contributed by atoms with van der Waals surface area (Å²) in [6, 6.07) is 3.71. The van der Waals surface area contributed by atoms with Crippen molar-refractivity contribution in [3.8, 4) is 0 Å². The second-order valence-corrected chi connectivity index (χ2v) is 11.6. The predicted octanol–water partition coefficient (Wildman–Crippen LogP) is 2.82. The average molecular weight is 461 g/mol. The van der Waals surface area contributed by atoms with Crippen LogP contribution >= 0.6 is 0 Å². The minimum Gasteiger partial charge on any atom is -0.390 e. The molecule has 2 unspecified atom stereocenters. The summed E-state index contributed by atoms with van der Waals surface area (Å²) in [4.78, 5) is 12.1. The van der Waals surface area contributed by atoms with E-state index in [1.54, 1.807) is 0 Å². The van der Waals surface area contributed by atoms with Gasteiger partial charge in [0.05, 0.1) is 16.1 Å². The molecule has 1 amide bonds. The van der Waals surface area contributed by atoms with Gasteiger partial charge in [-0.25, -0.2) is 8.42 Å². The normalized spacial score (nSPS) is 32.8. The third-order valence-electron chi connectivity index (χ3n) is 6.98. The van der Waals surface area contributed by atoms with Gasteiger partial charge in [0.15, 0.2) is 0 Å². The van der Waals surface area contributed by atoms with Gasteiger partial charge in [-0.15, -0.1) is 0 Å². The minimum atomic E-state index is -4.85. The van der Waals surface area contributed by atoms with Crippen LogP contribution in [0.15, 0.2) is 29.2 Å². The Labute approximate surface area is 179 Å². The van der Waals surface area contributed by atoms with Crippen LogP contribution in [0.4, 0.5) is 13.2 Å². The first-order chi connectivity index (χ1) is 14.2. The SMILES string of the molecule is CC(C)(NS(=O)(=O)c1ccccc1C(F)(F)F)C(=O)NC1C2CC3CC1CC(O)(C3)C2. The zero-order valence-electron chi connectivity index (χ0n) is 17.4. The van der Waals surface area contributed by atoms with Crippen LogP contribution in [0.3, 0.4) is 0 Å². The van der Waals surface area contributed by atoms with E-state index >= 15 is 0 Å². The fraction of sp³-hybridized carbons (Fsp3) is 0.667. The van der Waals surface area contributed by atoms with E-state index in [0.29, 0.717) is 24.8 Å². The van der Waals surface area contributed by atoms with E-state index in [-0.39, 0.29) is 17.9 Å². The first kappa shape index (κ1) is 22.5. The van der Waals surface area contributed by atoms with Gasteiger partial charge in [0.25, 0.3) is 0 Å². The summed E-state index contributed by atoms with van der Waals surface area (Å²) >= 11 is 0. The summed E-state index contributed by atoms with van der Waals surface area (Å²) in [6.07, 6.45) is -1.02. The molecule has 2 atom stereocenters. The Morgan fingerprint density at radius 1 is 1.10 bits per heavy atom. The van der Waals surface area contributed by atoms with Crippen molar-refractivity contribution < 1.29 is 31.5 Å². The van der Waals surface area contributed by atoms with E-state index in [9.17, 15) is 31.5 Å². The van der Waals surface area contributed by atoms with Gasteiger partial charge in [0, 0.05) is 6.04 Å². The molecule has 1 aromatic carbocycles. The molecule has 4 aliphatic rings. The maximum absolute atomic E-state index is 13.3. The van der Waals surface area contributed by atoms with Crippen molar-refractivity contribution in [2.24, 2.45) is 17.8 Å². The second kappa shape index (κ2) is 7.18. The number of hydrogen-bond donors (Lipinski definition) is 3. The summed E-state index contributed by atoms with van der Waals surface area (Å²) in [5, 5.41) is 13.6. The summed E-state index contributed by atoms with van der Waals surface area (Å²) < 4.78 is 67.6. The number of rotatable bonds is 5. The zero-order valence-corrected chi connectivity index (χ0v) is 18.2. The molecule has 4 bridgehead atoms. The van der Waals surface area contributed by atoms with Crippen molar-refractivity contribution in [3.05, 3.63) is 29.8 Å². The number of hydrogen-bond acceptors (Lipinski definition) is 4. The third-order valence-corrected chi connectivity index (χ3v) is 8.69. The standard InChI is InChI=1S/C21H27F3N2O4S/c1-19(2,26-31(29,30)16-6-4-3-5-15(16)21(22,23)24)18(27)25-17-13-7-12-8-14(17)11-20(28,9-12)10-13/h3-6,12-14,17,26,28H,7-11H2,1-2H3,(H,25,27). The van der Waals surface area contributed by atoms with Crippen LogP contribution < -0.4 is 10.0 Å². The van der Waals surface area contributed by atoms with Crippen LogP contribution in [0, 0.1) is 17.8 Å². The highest BCUT2D eigenvalue weighted by atomic mass is 32.2. The molecular formula is C21H27F3N2O4S. The molecule has 172 valence electrons. The molecule has 1 aromatic rings. The number of halogens is 3. The maximum atomic E-state index is 13.3. The fourth-order valence-corrected chi connectivity index (χ4v) is 7.53. The summed E-state index contributed by atoms with van der Waals surface area (Å²) in [5.74, 6) is 0.100. The number of carbonyl (C=O) groups excluding carboxylic acids is 1. The largest absolute Gasteiger partial charge is 0.417 e. The predicted molar refractivity (Wildman–Crippen MR) is 106 cm³/mol. The Morgan fingerprint density at radius 2 is 1.68 bits per heavy atom. The number of aliphatic hydroxyl groups is 1. The summed E-state index contributed by atoms with van der Waals surface area (Å²) in [7, 11) is -4.62. The number of amides is 1. The maximum Gasteiger partial charge on any atom is 0.417 e. The highest BCUT2D eigenvalue weighted by Crippen LogP contribution is 2.55. The van der Waals surface area contributed by atoms with E-state index < -0.39 is 43.7 Å². The Morgan fingerprint density at radius 3 is 2.23 bits per heavy atom. The highest BCUT2D eigenvalue weighted by molar-refractivity contribution is 7.89. The van der Waals surface area contributed by atoms with Crippen molar-refractivity contribution in [2.45, 2.75) is 74.2 Å². The fourth-order valence-electron chi connectivity index (χ4n) is 5.92. The summed E-state index contributed by atoms with van der Waals surface area (Å²) in [5.41, 5.74) is -3.62. The molecule has 0 aromatic heterocycles. The second-order valence-electron chi connectivity index (χ2n) is 9.92. The van der Waals surface area contributed by atoms with E-state index in [1.807, 2.05) is 0 Å². The van der Waals surface area contributed by atoms with Gasteiger partial charge in [0.1, 0.15) is 5.54 Å². The monoisotopic (exact) mass is 460 g/mol. The molecule has 31 heavy (non-hydrogen) atoms. The Balaban J connectivity index is 1.51. The average Bonchev–Trinajstić information content (AvgIpc) is 2.61. The van der Waals surface area contributed by atoms with Gasteiger partial charge in [-0.05, 0) is 75.8 Å². The highest BCUT2D eigenvalue weighted by Gasteiger charge is 2.55. The van der Waals surface area contributed by atoms with Gasteiger partial charge in [-0.3, -0.25) is 4.79 Å². The molecule has 4 aliphatic carbocycles. The molecule has 0 radical (unpaired) electrons. The topological polar surface area (TPSA) is 95.5 Å². The van der Waals surface area contributed by atoms with Crippen molar-refractivity contribution >= 4 is 15.9 Å². The molecule has 6 nitrogen and oxygen atoms in total. The lowest BCUT2D eigenvalue weighted by Crippen LogP contribution is -2.65. The lowest BCUT2D eigenvalue weighted by Gasteiger charge is -2.58. The lowest BCUT2D eigenvalue weighted by atomic mass is 9.52. The van der Waals surface area contributed by atoms with Gasteiger partial charge < -0.3 is 10.4 Å². The Hall–Kier alpha value is -1.65. The lowest BCUT2D eigenvalue weighted by molar-refractivity contribution is -0.148. The molecule has 0 saturated heterocycles. The molecule has 0 heterocycles. The molecule has 4 fully saturated rings. The first-order valence-electron chi connectivity index (χ1n) is 10.4. The molecule has 0 spiro atoms.